The van der Waals surface area contributed by atoms with Crippen molar-refractivity contribution in [2.75, 3.05) is 17.7 Å². The lowest BCUT2D eigenvalue weighted by atomic mass is 10.2. The molecule has 0 saturated heterocycles. The van der Waals surface area contributed by atoms with Crippen molar-refractivity contribution >= 4 is 41.1 Å². The van der Waals surface area contributed by atoms with Crippen molar-refractivity contribution in [2.24, 2.45) is 0 Å². The number of H-pyrrole nitrogens is 1. The molecule has 1 aliphatic rings. The zero-order valence-corrected chi connectivity index (χ0v) is 16.4. The lowest BCUT2D eigenvalue weighted by molar-refractivity contribution is -0.113. The van der Waals surface area contributed by atoms with E-state index in [9.17, 15) is 14.4 Å². The van der Waals surface area contributed by atoms with Crippen LogP contribution in [0.5, 0.6) is 0 Å². The van der Waals surface area contributed by atoms with Gasteiger partial charge in [0.1, 0.15) is 0 Å². The van der Waals surface area contributed by atoms with Crippen LogP contribution in [0.3, 0.4) is 0 Å². The third-order valence-electron chi connectivity index (χ3n) is 3.76. The number of hydrogen-bond donors (Lipinski definition) is 2. The van der Waals surface area contributed by atoms with Gasteiger partial charge >= 0.3 is 5.97 Å². The quantitative estimate of drug-likeness (QED) is 0.415. The molecule has 0 fully saturated rings. The van der Waals surface area contributed by atoms with Crippen molar-refractivity contribution in [1.82, 2.24) is 9.97 Å². The van der Waals surface area contributed by atoms with Gasteiger partial charge in [0.15, 0.2) is 5.16 Å². The molecule has 0 bridgehead atoms. The monoisotopic (exact) mass is 405 g/mol. The van der Waals surface area contributed by atoms with Crippen LogP contribution >= 0.6 is 23.5 Å². The first-order chi connectivity index (χ1) is 13.1. The summed E-state index contributed by atoms with van der Waals surface area (Å²) >= 11 is 2.80. The van der Waals surface area contributed by atoms with Crippen LogP contribution in [-0.2, 0) is 21.0 Å². The molecule has 9 heteroatoms. The van der Waals surface area contributed by atoms with Crippen LogP contribution in [0.2, 0.25) is 0 Å². The van der Waals surface area contributed by atoms with Gasteiger partial charge in [-0.15, -0.1) is 0 Å². The Hall–Kier alpha value is -2.26. The largest absolute Gasteiger partial charge is 0.462 e. The maximum absolute atomic E-state index is 12.3. The average Bonchev–Trinajstić information content (AvgIpc) is 3.14. The highest BCUT2D eigenvalue weighted by molar-refractivity contribution is 7.99. The van der Waals surface area contributed by atoms with Crippen molar-refractivity contribution < 1.29 is 14.3 Å². The summed E-state index contributed by atoms with van der Waals surface area (Å²) in [6.07, 6.45) is 0.724. The fraction of sp³-hybridized carbons (Fsp3) is 0.333. The number of carbonyl (C=O) groups is 2. The Kier molecular flexibility index (Phi) is 6.57. The number of carbonyl (C=O) groups excluding carboxylic acids is 2. The number of aromatic amines is 1. The van der Waals surface area contributed by atoms with E-state index in [1.54, 1.807) is 36.0 Å². The fourth-order valence-electron chi connectivity index (χ4n) is 2.47. The molecule has 0 spiro atoms. The predicted octanol–water partition coefficient (Wildman–Crippen LogP) is 2.81. The SMILES string of the molecule is CCCOC(=O)c1ccccc1NC(=O)CSc1nc2c(c(=O)[nH]1)CSC2. The molecule has 0 unspecified atom stereocenters. The van der Waals surface area contributed by atoms with Crippen LogP contribution in [0.4, 0.5) is 5.69 Å². The number of ether oxygens (including phenoxy) is 1. The molecule has 2 aromatic rings. The van der Waals surface area contributed by atoms with Gasteiger partial charge in [-0.25, -0.2) is 9.78 Å². The zero-order valence-electron chi connectivity index (χ0n) is 14.7. The number of esters is 1. The van der Waals surface area contributed by atoms with Gasteiger partial charge in [0.25, 0.3) is 5.56 Å². The van der Waals surface area contributed by atoms with Crippen molar-refractivity contribution in [3.63, 3.8) is 0 Å². The highest BCUT2D eigenvalue weighted by Gasteiger charge is 2.19. The molecular formula is C18H19N3O4S2. The van der Waals surface area contributed by atoms with Crippen molar-refractivity contribution in [3.05, 3.63) is 51.4 Å². The number of rotatable bonds is 7. The lowest BCUT2D eigenvalue weighted by Crippen LogP contribution is -2.19. The molecule has 1 aromatic heterocycles. The summed E-state index contributed by atoms with van der Waals surface area (Å²) in [4.78, 5) is 43.5. The molecule has 2 heterocycles. The number of anilines is 1. The Morgan fingerprint density at radius 3 is 2.96 bits per heavy atom. The Labute approximate surface area is 164 Å². The van der Waals surface area contributed by atoms with E-state index in [0.29, 0.717) is 40.1 Å². The first-order valence-electron chi connectivity index (χ1n) is 8.47. The third-order valence-corrected chi connectivity index (χ3v) is 5.61. The number of amides is 1. The molecule has 2 N–H and O–H groups in total. The second-order valence-electron chi connectivity index (χ2n) is 5.81. The normalized spacial score (nSPS) is 12.5. The molecule has 7 nitrogen and oxygen atoms in total. The van der Waals surface area contributed by atoms with Crippen LogP contribution in [0.25, 0.3) is 0 Å². The highest BCUT2D eigenvalue weighted by Crippen LogP contribution is 2.26. The van der Waals surface area contributed by atoms with Gasteiger partial charge in [-0.1, -0.05) is 30.8 Å². The molecule has 0 atom stereocenters. The van der Waals surface area contributed by atoms with Gasteiger partial charge < -0.3 is 15.0 Å². The van der Waals surface area contributed by atoms with Gasteiger partial charge in [0, 0.05) is 17.1 Å². The van der Waals surface area contributed by atoms with E-state index in [1.165, 1.54) is 0 Å². The van der Waals surface area contributed by atoms with Crippen molar-refractivity contribution in [2.45, 2.75) is 30.0 Å². The lowest BCUT2D eigenvalue weighted by Gasteiger charge is -2.10. The summed E-state index contributed by atoms with van der Waals surface area (Å²) in [7, 11) is 0. The van der Waals surface area contributed by atoms with E-state index in [4.69, 9.17) is 4.74 Å². The molecule has 1 aromatic carbocycles. The fourth-order valence-corrected chi connectivity index (χ4v) is 4.19. The van der Waals surface area contributed by atoms with Crippen LogP contribution in [-0.4, -0.2) is 34.2 Å². The molecule has 0 saturated carbocycles. The van der Waals surface area contributed by atoms with Gasteiger partial charge in [-0.2, -0.15) is 11.8 Å². The maximum atomic E-state index is 12.3. The summed E-state index contributed by atoms with van der Waals surface area (Å²) in [5.74, 6) is 0.684. The third kappa shape index (κ3) is 4.92. The van der Waals surface area contributed by atoms with Gasteiger partial charge in [-0.05, 0) is 18.6 Å². The zero-order chi connectivity index (χ0) is 19.2. The van der Waals surface area contributed by atoms with E-state index in [0.717, 1.165) is 23.9 Å². The van der Waals surface area contributed by atoms with Crippen LogP contribution in [0, 0.1) is 0 Å². The van der Waals surface area contributed by atoms with Gasteiger partial charge in [0.05, 0.1) is 29.3 Å². The number of para-hydroxylation sites is 1. The number of nitrogens with zero attached hydrogens (tertiary/aromatic N) is 1. The number of benzene rings is 1. The minimum absolute atomic E-state index is 0.0627. The number of fused-ring (bicyclic) bond motifs is 1. The predicted molar refractivity (Wildman–Crippen MR) is 106 cm³/mol. The Balaban J connectivity index is 1.63. The topological polar surface area (TPSA) is 101 Å². The van der Waals surface area contributed by atoms with E-state index < -0.39 is 5.97 Å². The number of thioether (sulfide) groups is 2. The summed E-state index contributed by atoms with van der Waals surface area (Å²) in [6.45, 7) is 2.24. The van der Waals surface area contributed by atoms with Crippen LogP contribution in [0.1, 0.15) is 35.0 Å². The summed E-state index contributed by atoms with van der Waals surface area (Å²) < 4.78 is 5.14. The van der Waals surface area contributed by atoms with E-state index >= 15 is 0 Å². The van der Waals surface area contributed by atoms with E-state index in [2.05, 4.69) is 15.3 Å². The molecule has 1 amide bonds. The molecule has 3 rings (SSSR count). The standard InChI is InChI=1S/C18H19N3O4S2/c1-2-7-25-17(24)11-5-3-4-6-13(11)19-15(22)10-27-18-20-14-9-26-8-12(14)16(23)21-18/h3-6H,2,7-10H2,1H3,(H,19,22)(H,20,21,23). The smallest absolute Gasteiger partial charge is 0.340 e. The molecule has 27 heavy (non-hydrogen) atoms. The van der Waals surface area contributed by atoms with Crippen LogP contribution < -0.4 is 10.9 Å². The number of aromatic nitrogens is 2. The summed E-state index contributed by atoms with van der Waals surface area (Å²) in [5, 5.41) is 3.14. The van der Waals surface area contributed by atoms with Crippen LogP contribution in [0.15, 0.2) is 34.2 Å². The Bertz CT molecular complexity index is 914. The maximum Gasteiger partial charge on any atom is 0.340 e. The highest BCUT2D eigenvalue weighted by atomic mass is 32.2. The minimum atomic E-state index is -0.470. The van der Waals surface area contributed by atoms with Gasteiger partial charge in [-0.3, -0.25) is 9.59 Å². The van der Waals surface area contributed by atoms with Gasteiger partial charge in [0.2, 0.25) is 5.91 Å². The first-order valence-corrected chi connectivity index (χ1v) is 10.6. The molecular weight excluding hydrogens is 386 g/mol. The van der Waals surface area contributed by atoms with E-state index in [1.807, 2.05) is 6.92 Å². The molecule has 0 radical (unpaired) electrons. The molecule has 0 aliphatic carbocycles. The number of nitrogens with one attached hydrogen (secondary N) is 2. The first kappa shape index (κ1) is 19.5. The Morgan fingerprint density at radius 1 is 1.33 bits per heavy atom. The van der Waals surface area contributed by atoms with E-state index in [-0.39, 0.29) is 17.2 Å². The summed E-state index contributed by atoms with van der Waals surface area (Å²) in [6, 6.07) is 6.70. The van der Waals surface area contributed by atoms with Crippen molar-refractivity contribution in [3.8, 4) is 0 Å². The molecule has 1 aliphatic heterocycles. The Morgan fingerprint density at radius 2 is 2.15 bits per heavy atom. The molecule has 142 valence electrons. The minimum Gasteiger partial charge on any atom is -0.462 e. The second-order valence-corrected chi connectivity index (χ2v) is 7.76. The summed E-state index contributed by atoms with van der Waals surface area (Å²) in [5.41, 5.74) is 2.07. The average molecular weight is 406 g/mol. The van der Waals surface area contributed by atoms with Crippen molar-refractivity contribution in [1.29, 1.82) is 0 Å². The second kappa shape index (κ2) is 9.09. The number of hydrogen-bond acceptors (Lipinski definition) is 7.